The second kappa shape index (κ2) is 6.97. The molecule has 6 rings (SSSR count). The number of carbonyl (C=O) groups excluding carboxylic acids is 2. The normalized spacial score (nSPS) is 29.7. The number of aromatic nitrogens is 2. The number of fused-ring (bicyclic) bond motifs is 1. The summed E-state index contributed by atoms with van der Waals surface area (Å²) in [5.74, 6) is 1.48. The van der Waals surface area contributed by atoms with Gasteiger partial charge in [-0.2, -0.15) is 5.10 Å². The van der Waals surface area contributed by atoms with E-state index < -0.39 is 5.97 Å². The van der Waals surface area contributed by atoms with E-state index in [9.17, 15) is 14.4 Å². The zero-order valence-electron chi connectivity index (χ0n) is 16.3. The molecule has 0 spiro atoms. The largest absolute Gasteiger partial charge is 0.451 e. The van der Waals surface area contributed by atoms with Crippen molar-refractivity contribution in [3.05, 3.63) is 40.3 Å². The van der Waals surface area contributed by atoms with Crippen LogP contribution in [0.3, 0.4) is 0 Å². The van der Waals surface area contributed by atoms with Crippen molar-refractivity contribution in [2.75, 3.05) is 13.2 Å². The third kappa shape index (κ3) is 3.43. The minimum absolute atomic E-state index is 0.00841. The van der Waals surface area contributed by atoms with Gasteiger partial charge in [-0.05, 0) is 67.8 Å². The van der Waals surface area contributed by atoms with Crippen LogP contribution in [0.4, 0.5) is 0 Å². The summed E-state index contributed by atoms with van der Waals surface area (Å²) < 4.78 is 5.17. The maximum absolute atomic E-state index is 12.4. The molecule has 0 radical (unpaired) electrons. The molecule has 4 aliphatic rings. The van der Waals surface area contributed by atoms with Gasteiger partial charge in [0.25, 0.3) is 11.5 Å². The predicted octanol–water partition coefficient (Wildman–Crippen LogP) is 2.41. The van der Waals surface area contributed by atoms with Gasteiger partial charge >= 0.3 is 5.97 Å². The highest BCUT2D eigenvalue weighted by molar-refractivity contribution is 6.02. The second-order valence-electron chi connectivity index (χ2n) is 9.22. The number of H-pyrrole nitrogens is 1. The van der Waals surface area contributed by atoms with E-state index in [4.69, 9.17) is 4.74 Å². The van der Waals surface area contributed by atoms with Crippen molar-refractivity contribution in [1.82, 2.24) is 15.5 Å². The Labute approximate surface area is 168 Å². The van der Waals surface area contributed by atoms with Gasteiger partial charge in [0.2, 0.25) is 0 Å². The molecular formula is C22H25N3O4. The number of aromatic amines is 1. The number of benzene rings is 1. The van der Waals surface area contributed by atoms with E-state index in [1.165, 1.54) is 38.5 Å². The molecule has 4 fully saturated rings. The number of esters is 1. The van der Waals surface area contributed by atoms with E-state index in [-0.39, 0.29) is 29.2 Å². The van der Waals surface area contributed by atoms with Gasteiger partial charge in [-0.3, -0.25) is 9.59 Å². The van der Waals surface area contributed by atoms with E-state index in [1.54, 1.807) is 24.3 Å². The van der Waals surface area contributed by atoms with E-state index in [2.05, 4.69) is 15.5 Å². The first kappa shape index (κ1) is 18.3. The molecule has 0 aliphatic heterocycles. The molecule has 1 aromatic carbocycles. The minimum Gasteiger partial charge on any atom is -0.451 e. The topological polar surface area (TPSA) is 101 Å². The summed E-state index contributed by atoms with van der Waals surface area (Å²) in [6, 6.07) is 6.69. The Morgan fingerprint density at radius 2 is 1.69 bits per heavy atom. The van der Waals surface area contributed by atoms with Crippen LogP contribution in [-0.2, 0) is 9.53 Å². The lowest BCUT2D eigenvalue weighted by Crippen LogP contribution is -2.51. The van der Waals surface area contributed by atoms with Crippen LogP contribution in [0.15, 0.2) is 29.1 Å². The van der Waals surface area contributed by atoms with Crippen molar-refractivity contribution in [3.8, 4) is 0 Å². The summed E-state index contributed by atoms with van der Waals surface area (Å²) in [5, 5.41) is 9.89. The molecule has 0 saturated heterocycles. The molecule has 2 aromatic rings. The molecule has 152 valence electrons. The Balaban J connectivity index is 1.19. The highest BCUT2D eigenvalue weighted by atomic mass is 16.5. The van der Waals surface area contributed by atoms with Gasteiger partial charge in [-0.1, -0.05) is 18.2 Å². The van der Waals surface area contributed by atoms with Crippen LogP contribution in [-0.4, -0.2) is 35.2 Å². The fourth-order valence-electron chi connectivity index (χ4n) is 6.31. The lowest BCUT2D eigenvalue weighted by atomic mass is 9.49. The number of hydrogen-bond acceptors (Lipinski definition) is 5. The number of hydrogen-bond donors (Lipinski definition) is 2. The van der Waals surface area contributed by atoms with Gasteiger partial charge in [0.05, 0.1) is 5.39 Å². The molecular weight excluding hydrogens is 370 g/mol. The van der Waals surface area contributed by atoms with Crippen LogP contribution in [0.25, 0.3) is 10.8 Å². The number of rotatable bonds is 5. The molecule has 4 bridgehead atoms. The Bertz CT molecular complexity index is 993. The van der Waals surface area contributed by atoms with Crippen LogP contribution in [0.2, 0.25) is 0 Å². The zero-order valence-corrected chi connectivity index (χ0v) is 16.3. The summed E-state index contributed by atoms with van der Waals surface area (Å²) in [5.41, 5.74) is -0.120. The molecule has 1 amide bonds. The molecule has 0 atom stereocenters. The fourth-order valence-corrected chi connectivity index (χ4v) is 6.31. The maximum Gasteiger partial charge on any atom is 0.359 e. The molecule has 2 N–H and O–H groups in total. The van der Waals surface area contributed by atoms with Crippen LogP contribution < -0.4 is 10.9 Å². The van der Waals surface area contributed by atoms with Crippen LogP contribution in [0, 0.1) is 23.2 Å². The summed E-state index contributed by atoms with van der Waals surface area (Å²) in [6.07, 6.45) is 7.74. The molecule has 1 heterocycles. The minimum atomic E-state index is -0.720. The SMILES string of the molecule is O=C(COC(=O)c1n[nH]c(=O)c2ccccc12)NCC12CC3CC(CC(C3)C1)C2. The highest BCUT2D eigenvalue weighted by Gasteiger charge is 2.50. The number of amides is 1. The van der Waals surface area contributed by atoms with Gasteiger partial charge in [0.1, 0.15) is 0 Å². The van der Waals surface area contributed by atoms with Crippen molar-refractivity contribution in [2.45, 2.75) is 38.5 Å². The highest BCUT2D eigenvalue weighted by Crippen LogP contribution is 2.59. The molecule has 4 saturated carbocycles. The van der Waals surface area contributed by atoms with Gasteiger partial charge in [-0.15, -0.1) is 0 Å². The predicted molar refractivity (Wildman–Crippen MR) is 106 cm³/mol. The maximum atomic E-state index is 12.4. The van der Waals surface area contributed by atoms with Crippen molar-refractivity contribution >= 4 is 22.6 Å². The Hall–Kier alpha value is -2.70. The van der Waals surface area contributed by atoms with E-state index in [1.807, 2.05) is 0 Å². The number of nitrogens with zero attached hydrogens (tertiary/aromatic N) is 1. The third-order valence-electron chi connectivity index (χ3n) is 7.05. The first-order valence-corrected chi connectivity index (χ1v) is 10.4. The molecule has 1 aromatic heterocycles. The van der Waals surface area contributed by atoms with Gasteiger partial charge < -0.3 is 10.1 Å². The lowest BCUT2D eigenvalue weighted by Gasteiger charge is -2.56. The third-order valence-corrected chi connectivity index (χ3v) is 7.05. The van der Waals surface area contributed by atoms with Crippen LogP contribution >= 0.6 is 0 Å². The van der Waals surface area contributed by atoms with Crippen molar-refractivity contribution in [1.29, 1.82) is 0 Å². The average Bonchev–Trinajstić information content (AvgIpc) is 2.70. The summed E-state index contributed by atoms with van der Waals surface area (Å²) in [6.45, 7) is 0.326. The second-order valence-corrected chi connectivity index (χ2v) is 9.22. The number of nitrogens with one attached hydrogen (secondary N) is 2. The number of ether oxygens (including phenoxy) is 1. The van der Waals surface area contributed by atoms with Gasteiger partial charge in [0, 0.05) is 11.9 Å². The van der Waals surface area contributed by atoms with E-state index in [0.717, 1.165) is 17.8 Å². The monoisotopic (exact) mass is 395 g/mol. The summed E-state index contributed by atoms with van der Waals surface area (Å²) in [4.78, 5) is 36.6. The first-order valence-electron chi connectivity index (χ1n) is 10.4. The van der Waals surface area contributed by atoms with E-state index in [0.29, 0.717) is 17.3 Å². The van der Waals surface area contributed by atoms with Crippen molar-refractivity contribution in [2.24, 2.45) is 23.2 Å². The van der Waals surface area contributed by atoms with Crippen LogP contribution in [0.5, 0.6) is 0 Å². The Morgan fingerprint density at radius 3 is 2.34 bits per heavy atom. The zero-order chi connectivity index (χ0) is 20.0. The average molecular weight is 395 g/mol. The fraction of sp³-hybridized carbons (Fsp3) is 0.545. The van der Waals surface area contributed by atoms with Gasteiger partial charge in [-0.25, -0.2) is 9.89 Å². The summed E-state index contributed by atoms with van der Waals surface area (Å²) in [7, 11) is 0. The number of carbonyl (C=O) groups is 2. The first-order chi connectivity index (χ1) is 14.0. The lowest BCUT2D eigenvalue weighted by molar-refractivity contribution is -0.126. The molecule has 7 heteroatoms. The van der Waals surface area contributed by atoms with Crippen molar-refractivity contribution in [3.63, 3.8) is 0 Å². The quantitative estimate of drug-likeness (QED) is 0.757. The standard InChI is InChI=1S/C22H25N3O4/c26-18(23-12-22-8-13-5-14(9-22)7-15(6-13)10-22)11-29-21(28)19-16-3-1-2-4-17(16)20(27)25-24-19/h1-4,13-15H,5-12H2,(H,23,26)(H,25,27). The van der Waals surface area contributed by atoms with Crippen molar-refractivity contribution < 1.29 is 14.3 Å². The molecule has 29 heavy (non-hydrogen) atoms. The summed E-state index contributed by atoms with van der Waals surface area (Å²) >= 11 is 0. The van der Waals surface area contributed by atoms with E-state index >= 15 is 0 Å². The Kier molecular flexibility index (Phi) is 4.41. The Morgan fingerprint density at radius 1 is 1.07 bits per heavy atom. The van der Waals surface area contributed by atoms with Gasteiger partial charge in [0.15, 0.2) is 12.3 Å². The molecule has 0 unspecified atom stereocenters. The molecule has 4 aliphatic carbocycles. The molecule has 7 nitrogen and oxygen atoms in total. The van der Waals surface area contributed by atoms with Crippen LogP contribution in [0.1, 0.15) is 49.0 Å². The smallest absolute Gasteiger partial charge is 0.359 e.